The average Bonchev–Trinajstić information content (AvgIpc) is 2.39. The second-order valence-electron chi connectivity index (χ2n) is 4.85. The van der Waals surface area contributed by atoms with Crippen LogP contribution in [0.5, 0.6) is 0 Å². The molecule has 0 aliphatic heterocycles. The predicted octanol–water partition coefficient (Wildman–Crippen LogP) is 3.25. The molecule has 0 unspecified atom stereocenters. The summed E-state index contributed by atoms with van der Waals surface area (Å²) in [6.45, 7) is 3.04. The molecule has 0 heterocycles. The number of nitrogens with zero attached hydrogens (tertiary/aromatic N) is 1. The maximum absolute atomic E-state index is 12.0. The average molecular weight is 360 g/mol. The third-order valence-electron chi connectivity index (χ3n) is 3.15. The van der Waals surface area contributed by atoms with Crippen LogP contribution in [0.25, 0.3) is 0 Å². The zero-order chi connectivity index (χ0) is 15.3. The van der Waals surface area contributed by atoms with E-state index in [0.717, 1.165) is 9.37 Å². The number of carboxylic acid groups (broad SMARTS) is 1. The van der Waals surface area contributed by atoms with Crippen LogP contribution in [-0.2, 0) is 9.59 Å². The largest absolute Gasteiger partial charge is 0.480 e. The number of amides is 1. The van der Waals surface area contributed by atoms with Crippen molar-refractivity contribution in [3.8, 4) is 0 Å². The number of carbonyl (C=O) groups excluding carboxylic acids is 1. The molecule has 0 aromatic heterocycles. The van der Waals surface area contributed by atoms with E-state index in [9.17, 15) is 9.59 Å². The SMILES string of the molecule is CN(C(=O)CCSc1ccccc1Br)C(C)(C)C(=O)O. The Hall–Kier alpha value is -1.01. The van der Waals surface area contributed by atoms with Crippen LogP contribution in [0.15, 0.2) is 33.6 Å². The molecule has 0 aliphatic rings. The third-order valence-corrected chi connectivity index (χ3v) is 5.18. The van der Waals surface area contributed by atoms with E-state index in [-0.39, 0.29) is 5.91 Å². The van der Waals surface area contributed by atoms with Crippen molar-refractivity contribution >= 4 is 39.6 Å². The van der Waals surface area contributed by atoms with E-state index in [0.29, 0.717) is 12.2 Å². The number of halogens is 1. The third kappa shape index (κ3) is 4.24. The zero-order valence-electron chi connectivity index (χ0n) is 11.7. The summed E-state index contributed by atoms with van der Waals surface area (Å²) in [5, 5.41) is 9.10. The van der Waals surface area contributed by atoms with Gasteiger partial charge in [0.25, 0.3) is 0 Å². The molecule has 20 heavy (non-hydrogen) atoms. The van der Waals surface area contributed by atoms with Gasteiger partial charge in [0.15, 0.2) is 0 Å². The van der Waals surface area contributed by atoms with Crippen LogP contribution >= 0.6 is 27.7 Å². The summed E-state index contributed by atoms with van der Waals surface area (Å²) in [5.41, 5.74) is -1.19. The summed E-state index contributed by atoms with van der Waals surface area (Å²) >= 11 is 5.02. The van der Waals surface area contributed by atoms with E-state index >= 15 is 0 Å². The molecule has 0 spiro atoms. The second kappa shape index (κ2) is 7.13. The van der Waals surface area contributed by atoms with Gasteiger partial charge in [-0.1, -0.05) is 12.1 Å². The minimum absolute atomic E-state index is 0.169. The van der Waals surface area contributed by atoms with Crippen LogP contribution in [0.4, 0.5) is 0 Å². The van der Waals surface area contributed by atoms with E-state index in [1.54, 1.807) is 11.8 Å². The summed E-state index contributed by atoms with van der Waals surface area (Å²) < 4.78 is 0.997. The number of benzene rings is 1. The van der Waals surface area contributed by atoms with E-state index in [1.807, 2.05) is 24.3 Å². The molecule has 1 amide bonds. The first-order chi connectivity index (χ1) is 9.26. The van der Waals surface area contributed by atoms with Gasteiger partial charge in [0, 0.05) is 28.6 Å². The summed E-state index contributed by atoms with van der Waals surface area (Å²) in [6.07, 6.45) is 0.305. The predicted molar refractivity (Wildman–Crippen MR) is 84.0 cm³/mol. The Kier molecular flexibility index (Phi) is 6.07. The molecule has 0 radical (unpaired) electrons. The van der Waals surface area contributed by atoms with Gasteiger partial charge in [-0.15, -0.1) is 11.8 Å². The van der Waals surface area contributed by atoms with Crippen LogP contribution in [0.1, 0.15) is 20.3 Å². The lowest BCUT2D eigenvalue weighted by molar-refractivity contribution is -0.155. The molecule has 0 saturated carbocycles. The summed E-state index contributed by atoms with van der Waals surface area (Å²) in [7, 11) is 1.53. The number of hydrogen-bond acceptors (Lipinski definition) is 3. The second-order valence-corrected chi connectivity index (χ2v) is 6.84. The molecular formula is C14H18BrNO3S. The normalized spacial score (nSPS) is 11.2. The van der Waals surface area contributed by atoms with Gasteiger partial charge in [0.1, 0.15) is 5.54 Å². The first kappa shape index (κ1) is 17.0. The lowest BCUT2D eigenvalue weighted by Gasteiger charge is -2.31. The van der Waals surface area contributed by atoms with Gasteiger partial charge in [0.05, 0.1) is 0 Å². The Bertz CT molecular complexity index is 505. The molecule has 110 valence electrons. The van der Waals surface area contributed by atoms with Crippen molar-refractivity contribution in [1.82, 2.24) is 4.90 Å². The van der Waals surface area contributed by atoms with Crippen molar-refractivity contribution < 1.29 is 14.7 Å². The van der Waals surface area contributed by atoms with Crippen LogP contribution in [0, 0.1) is 0 Å². The highest BCUT2D eigenvalue weighted by molar-refractivity contribution is 9.10. The topological polar surface area (TPSA) is 57.6 Å². The van der Waals surface area contributed by atoms with Crippen molar-refractivity contribution in [3.05, 3.63) is 28.7 Å². The van der Waals surface area contributed by atoms with Crippen molar-refractivity contribution in [2.75, 3.05) is 12.8 Å². The Morgan fingerprint density at radius 1 is 1.35 bits per heavy atom. The maximum atomic E-state index is 12.0. The van der Waals surface area contributed by atoms with E-state index < -0.39 is 11.5 Å². The van der Waals surface area contributed by atoms with E-state index in [4.69, 9.17) is 5.11 Å². The maximum Gasteiger partial charge on any atom is 0.329 e. The molecule has 1 rings (SSSR count). The number of carboxylic acids is 1. The molecular weight excluding hydrogens is 342 g/mol. The van der Waals surface area contributed by atoms with Crippen LogP contribution in [0.2, 0.25) is 0 Å². The lowest BCUT2D eigenvalue weighted by atomic mass is 10.0. The molecule has 1 N–H and O–H groups in total. The number of hydrogen-bond donors (Lipinski definition) is 1. The van der Waals surface area contributed by atoms with E-state index in [1.165, 1.54) is 25.8 Å². The number of carbonyl (C=O) groups is 2. The van der Waals surface area contributed by atoms with Gasteiger partial charge < -0.3 is 10.0 Å². The van der Waals surface area contributed by atoms with Crippen LogP contribution in [0.3, 0.4) is 0 Å². The molecule has 4 nitrogen and oxygen atoms in total. The smallest absolute Gasteiger partial charge is 0.329 e. The quantitative estimate of drug-likeness (QED) is 0.792. The fraction of sp³-hybridized carbons (Fsp3) is 0.429. The molecule has 0 aliphatic carbocycles. The van der Waals surface area contributed by atoms with Crippen molar-refractivity contribution in [2.24, 2.45) is 0 Å². The monoisotopic (exact) mass is 359 g/mol. The molecule has 6 heteroatoms. The van der Waals surface area contributed by atoms with Crippen molar-refractivity contribution in [3.63, 3.8) is 0 Å². The Morgan fingerprint density at radius 3 is 2.50 bits per heavy atom. The number of likely N-dealkylation sites (N-methyl/N-ethyl adjacent to an activating group) is 1. The fourth-order valence-electron chi connectivity index (χ4n) is 1.43. The number of aliphatic carboxylic acids is 1. The minimum atomic E-state index is -1.19. The van der Waals surface area contributed by atoms with Gasteiger partial charge >= 0.3 is 5.97 Å². The van der Waals surface area contributed by atoms with Gasteiger partial charge in [-0.3, -0.25) is 4.79 Å². The summed E-state index contributed by atoms with van der Waals surface area (Å²) in [4.78, 5) is 25.5. The molecule has 1 aromatic carbocycles. The molecule has 0 atom stereocenters. The Morgan fingerprint density at radius 2 is 1.95 bits per heavy atom. The van der Waals surface area contributed by atoms with E-state index in [2.05, 4.69) is 15.9 Å². The highest BCUT2D eigenvalue weighted by atomic mass is 79.9. The van der Waals surface area contributed by atoms with Gasteiger partial charge in [-0.25, -0.2) is 4.79 Å². The van der Waals surface area contributed by atoms with Crippen LogP contribution in [-0.4, -0.2) is 40.2 Å². The standard InChI is InChI=1S/C14H18BrNO3S/c1-14(2,13(18)19)16(3)12(17)8-9-20-11-7-5-4-6-10(11)15/h4-7H,8-9H2,1-3H3,(H,18,19). The fourth-order valence-corrected chi connectivity index (χ4v) is 2.94. The van der Waals surface area contributed by atoms with Gasteiger partial charge in [-0.05, 0) is 41.9 Å². The van der Waals surface area contributed by atoms with Crippen LogP contribution < -0.4 is 0 Å². The molecule has 1 aromatic rings. The number of thioether (sulfide) groups is 1. The van der Waals surface area contributed by atoms with Crippen molar-refractivity contribution in [1.29, 1.82) is 0 Å². The molecule has 0 fully saturated rings. The summed E-state index contributed by atoms with van der Waals surface area (Å²) in [5.74, 6) is -0.564. The zero-order valence-corrected chi connectivity index (χ0v) is 14.1. The van der Waals surface area contributed by atoms with Gasteiger partial charge in [-0.2, -0.15) is 0 Å². The highest BCUT2D eigenvalue weighted by Gasteiger charge is 2.34. The number of rotatable bonds is 6. The summed E-state index contributed by atoms with van der Waals surface area (Å²) in [6, 6.07) is 7.80. The van der Waals surface area contributed by atoms with Crippen molar-refractivity contribution in [2.45, 2.75) is 30.7 Å². The highest BCUT2D eigenvalue weighted by Crippen LogP contribution is 2.27. The van der Waals surface area contributed by atoms with Gasteiger partial charge in [0.2, 0.25) is 5.91 Å². The first-order valence-electron chi connectivity index (χ1n) is 6.14. The molecule has 0 saturated heterocycles. The lowest BCUT2D eigenvalue weighted by Crippen LogP contribution is -2.50. The Labute approximate surface area is 131 Å². The first-order valence-corrected chi connectivity index (χ1v) is 7.92. The Balaban J connectivity index is 2.52. The minimum Gasteiger partial charge on any atom is -0.480 e. The molecule has 0 bridgehead atoms.